The number of fused-ring (bicyclic) bond motifs is 1. The van der Waals surface area contributed by atoms with Gasteiger partial charge in [0.25, 0.3) is 0 Å². The lowest BCUT2D eigenvalue weighted by atomic mass is 10.1. The number of hydrogen-bond acceptors (Lipinski definition) is 4. The van der Waals surface area contributed by atoms with Crippen molar-refractivity contribution in [2.75, 3.05) is 5.32 Å². The summed E-state index contributed by atoms with van der Waals surface area (Å²) in [5, 5.41) is 3.69. The normalized spacial score (nSPS) is 12.3. The van der Waals surface area contributed by atoms with Crippen LogP contribution in [0.3, 0.4) is 0 Å². The molecule has 5 nitrogen and oxygen atoms in total. The molecular formula is C19H15ClFN5. The molecule has 4 rings (SSSR count). The van der Waals surface area contributed by atoms with Crippen molar-refractivity contribution in [3.05, 3.63) is 77.5 Å². The van der Waals surface area contributed by atoms with Crippen LogP contribution in [-0.4, -0.2) is 19.4 Å². The molecule has 0 aliphatic carbocycles. The Kier molecular flexibility index (Phi) is 4.26. The van der Waals surface area contributed by atoms with Gasteiger partial charge in [-0.3, -0.25) is 4.40 Å². The molecule has 0 aliphatic rings. The molecule has 0 saturated carbocycles. The van der Waals surface area contributed by atoms with Crippen LogP contribution >= 0.6 is 11.6 Å². The lowest BCUT2D eigenvalue weighted by Gasteiger charge is -2.14. The standard InChI is InChI=1S/C19H15ClFN5/c1-12(13-6-3-2-4-7-13)24-19-23-10-15(21)17(25-19)16-11-22-18-14(20)8-5-9-26(16)18/h2-12H,1H3,(H,23,24,25)/t12-/m0/s1. The molecule has 4 aromatic rings. The Hall–Kier alpha value is -2.99. The predicted octanol–water partition coefficient (Wildman–Crippen LogP) is 4.76. The van der Waals surface area contributed by atoms with E-state index in [9.17, 15) is 4.39 Å². The zero-order valence-corrected chi connectivity index (χ0v) is 14.7. The van der Waals surface area contributed by atoms with Gasteiger partial charge in [-0.25, -0.2) is 19.3 Å². The number of halogens is 2. The van der Waals surface area contributed by atoms with Crippen LogP contribution in [0.4, 0.5) is 10.3 Å². The van der Waals surface area contributed by atoms with Crippen LogP contribution in [0.2, 0.25) is 5.02 Å². The largest absolute Gasteiger partial charge is 0.348 e. The van der Waals surface area contributed by atoms with E-state index in [1.165, 1.54) is 0 Å². The first kappa shape index (κ1) is 16.5. The zero-order chi connectivity index (χ0) is 18.1. The predicted molar refractivity (Wildman–Crippen MR) is 99.7 cm³/mol. The Labute approximate surface area is 154 Å². The first-order chi connectivity index (χ1) is 12.6. The Morgan fingerprint density at radius 3 is 2.69 bits per heavy atom. The number of nitrogens with one attached hydrogen (secondary N) is 1. The summed E-state index contributed by atoms with van der Waals surface area (Å²) < 4.78 is 16.1. The van der Waals surface area contributed by atoms with Gasteiger partial charge in [0.05, 0.1) is 29.2 Å². The topological polar surface area (TPSA) is 55.1 Å². The Morgan fingerprint density at radius 1 is 1.08 bits per heavy atom. The molecule has 7 heteroatoms. The van der Waals surface area contributed by atoms with E-state index in [4.69, 9.17) is 11.6 Å². The molecule has 3 aromatic heterocycles. The summed E-state index contributed by atoms with van der Waals surface area (Å²) in [7, 11) is 0. The van der Waals surface area contributed by atoms with Gasteiger partial charge in [0.2, 0.25) is 5.95 Å². The van der Waals surface area contributed by atoms with Crippen LogP contribution in [0.1, 0.15) is 18.5 Å². The second-order valence-electron chi connectivity index (χ2n) is 5.86. The third kappa shape index (κ3) is 2.99. The van der Waals surface area contributed by atoms with E-state index in [-0.39, 0.29) is 11.7 Å². The number of pyridine rings is 1. The molecule has 0 radical (unpaired) electrons. The molecule has 1 N–H and O–H groups in total. The SMILES string of the molecule is C[C@H](Nc1ncc(F)c(-c2cnc3c(Cl)cccn23)n1)c1ccccc1. The van der Waals surface area contributed by atoms with Gasteiger partial charge in [0, 0.05) is 6.20 Å². The molecule has 0 spiro atoms. The van der Waals surface area contributed by atoms with Crippen molar-refractivity contribution < 1.29 is 4.39 Å². The summed E-state index contributed by atoms with van der Waals surface area (Å²) in [4.78, 5) is 12.7. The first-order valence-corrected chi connectivity index (χ1v) is 8.47. The number of benzene rings is 1. The van der Waals surface area contributed by atoms with E-state index < -0.39 is 5.82 Å². The number of imidazole rings is 1. The third-order valence-corrected chi connectivity index (χ3v) is 4.42. The lowest BCUT2D eigenvalue weighted by Crippen LogP contribution is -2.10. The zero-order valence-electron chi connectivity index (χ0n) is 13.9. The number of anilines is 1. The van der Waals surface area contributed by atoms with Crippen molar-refractivity contribution >= 4 is 23.2 Å². The molecule has 0 amide bonds. The second kappa shape index (κ2) is 6.72. The van der Waals surface area contributed by atoms with Gasteiger partial charge >= 0.3 is 0 Å². The molecular weight excluding hydrogens is 353 g/mol. The van der Waals surface area contributed by atoms with Gasteiger partial charge in [0.1, 0.15) is 5.69 Å². The summed E-state index contributed by atoms with van der Waals surface area (Å²) in [6, 6.07) is 13.4. The van der Waals surface area contributed by atoms with Crippen LogP contribution in [0.25, 0.3) is 17.0 Å². The number of rotatable bonds is 4. The van der Waals surface area contributed by atoms with Crippen molar-refractivity contribution in [3.63, 3.8) is 0 Å². The summed E-state index contributed by atoms with van der Waals surface area (Å²) in [6.07, 6.45) is 4.48. The summed E-state index contributed by atoms with van der Waals surface area (Å²) in [5.74, 6) is -0.181. The molecule has 1 aromatic carbocycles. The van der Waals surface area contributed by atoms with Crippen molar-refractivity contribution in [2.45, 2.75) is 13.0 Å². The van der Waals surface area contributed by atoms with E-state index >= 15 is 0 Å². The highest BCUT2D eigenvalue weighted by molar-refractivity contribution is 6.33. The average Bonchev–Trinajstić information content (AvgIpc) is 3.09. The van der Waals surface area contributed by atoms with E-state index in [1.54, 1.807) is 28.9 Å². The monoisotopic (exact) mass is 367 g/mol. The molecule has 0 fully saturated rings. The van der Waals surface area contributed by atoms with Crippen LogP contribution in [0.15, 0.2) is 61.1 Å². The maximum Gasteiger partial charge on any atom is 0.223 e. The Bertz CT molecular complexity index is 1060. The van der Waals surface area contributed by atoms with E-state index in [1.807, 2.05) is 37.3 Å². The van der Waals surface area contributed by atoms with Gasteiger partial charge in [-0.2, -0.15) is 0 Å². The molecule has 0 unspecified atom stereocenters. The van der Waals surface area contributed by atoms with Gasteiger partial charge < -0.3 is 5.32 Å². The fraction of sp³-hybridized carbons (Fsp3) is 0.105. The van der Waals surface area contributed by atoms with Gasteiger partial charge in [-0.1, -0.05) is 41.9 Å². The second-order valence-corrected chi connectivity index (χ2v) is 6.27. The molecule has 1 atom stereocenters. The van der Waals surface area contributed by atoms with Gasteiger partial charge in [-0.15, -0.1) is 0 Å². The lowest BCUT2D eigenvalue weighted by molar-refractivity contribution is 0.617. The maximum absolute atomic E-state index is 14.4. The fourth-order valence-electron chi connectivity index (χ4n) is 2.79. The van der Waals surface area contributed by atoms with Crippen molar-refractivity contribution in [1.29, 1.82) is 0 Å². The van der Waals surface area contributed by atoms with E-state index in [0.29, 0.717) is 22.3 Å². The third-order valence-electron chi connectivity index (χ3n) is 4.12. The highest BCUT2D eigenvalue weighted by Gasteiger charge is 2.16. The minimum absolute atomic E-state index is 0.0221. The Balaban J connectivity index is 1.71. The summed E-state index contributed by atoms with van der Waals surface area (Å²) in [6.45, 7) is 2.00. The van der Waals surface area contributed by atoms with Crippen molar-refractivity contribution in [3.8, 4) is 11.4 Å². The molecule has 26 heavy (non-hydrogen) atoms. The first-order valence-electron chi connectivity index (χ1n) is 8.09. The van der Waals surface area contributed by atoms with Crippen LogP contribution < -0.4 is 5.32 Å². The molecule has 0 aliphatic heterocycles. The number of hydrogen-bond donors (Lipinski definition) is 1. The minimum atomic E-state index is -0.523. The van der Waals surface area contributed by atoms with Crippen LogP contribution in [0.5, 0.6) is 0 Å². The maximum atomic E-state index is 14.4. The molecule has 130 valence electrons. The minimum Gasteiger partial charge on any atom is -0.348 e. The average molecular weight is 368 g/mol. The number of nitrogens with zero attached hydrogens (tertiary/aromatic N) is 4. The van der Waals surface area contributed by atoms with Crippen LogP contribution in [-0.2, 0) is 0 Å². The molecule has 0 saturated heterocycles. The fourth-order valence-corrected chi connectivity index (χ4v) is 3.00. The van der Waals surface area contributed by atoms with E-state index in [2.05, 4.69) is 20.3 Å². The summed E-state index contributed by atoms with van der Waals surface area (Å²) >= 11 is 6.14. The Morgan fingerprint density at radius 2 is 1.88 bits per heavy atom. The smallest absolute Gasteiger partial charge is 0.223 e. The molecule has 0 bridgehead atoms. The highest BCUT2D eigenvalue weighted by atomic mass is 35.5. The number of aromatic nitrogens is 4. The van der Waals surface area contributed by atoms with Gasteiger partial charge in [-0.05, 0) is 24.6 Å². The quantitative estimate of drug-likeness (QED) is 0.565. The van der Waals surface area contributed by atoms with E-state index in [0.717, 1.165) is 11.8 Å². The summed E-state index contributed by atoms with van der Waals surface area (Å²) in [5.41, 5.74) is 2.31. The van der Waals surface area contributed by atoms with Crippen LogP contribution in [0, 0.1) is 5.82 Å². The van der Waals surface area contributed by atoms with Gasteiger partial charge in [0.15, 0.2) is 11.5 Å². The highest BCUT2D eigenvalue weighted by Crippen LogP contribution is 2.26. The van der Waals surface area contributed by atoms with Crippen molar-refractivity contribution in [2.24, 2.45) is 0 Å². The molecule has 3 heterocycles. The van der Waals surface area contributed by atoms with Crippen molar-refractivity contribution in [1.82, 2.24) is 19.4 Å².